The summed E-state index contributed by atoms with van der Waals surface area (Å²) in [6, 6.07) is 11.2. The number of rotatable bonds is 5. The van der Waals surface area contributed by atoms with E-state index in [1.165, 1.54) is 0 Å². The molecule has 0 saturated heterocycles. The Bertz CT molecular complexity index is 1070. The third kappa shape index (κ3) is 3.74. The number of hydrogen-bond acceptors (Lipinski definition) is 6. The summed E-state index contributed by atoms with van der Waals surface area (Å²) in [5.74, 6) is 0.609. The van der Waals surface area contributed by atoms with E-state index in [1.54, 1.807) is 41.6 Å². The van der Waals surface area contributed by atoms with Gasteiger partial charge in [0.2, 0.25) is 11.7 Å². The lowest BCUT2D eigenvalue weighted by Gasteiger charge is -2.08. The van der Waals surface area contributed by atoms with Gasteiger partial charge in [-0.05, 0) is 30.7 Å². The molecule has 8 nitrogen and oxygen atoms in total. The summed E-state index contributed by atoms with van der Waals surface area (Å²) >= 11 is 0. The first-order valence-corrected chi connectivity index (χ1v) is 8.31. The molecule has 0 fully saturated rings. The first-order valence-electron chi connectivity index (χ1n) is 8.31. The molecule has 1 N–H and O–H groups in total. The molecule has 0 bridgehead atoms. The standard InChI is InChI=1S/C19H16N6O2/c1-13-4-2-3-5-15(13)22-17(26)11-25-10-16(21-12-25)18-23-19(27-24-18)14-6-8-20-9-7-14/h2-10,12H,11H2,1H3,(H,22,26). The molecular weight excluding hydrogens is 344 g/mol. The van der Waals surface area contributed by atoms with Crippen LogP contribution in [0.25, 0.3) is 23.0 Å². The van der Waals surface area contributed by atoms with Crippen molar-refractivity contribution in [3.8, 4) is 23.0 Å². The van der Waals surface area contributed by atoms with Gasteiger partial charge in [-0.3, -0.25) is 9.78 Å². The highest BCUT2D eigenvalue weighted by atomic mass is 16.5. The Labute approximate surface area is 154 Å². The van der Waals surface area contributed by atoms with Crippen LogP contribution in [-0.2, 0) is 11.3 Å². The summed E-state index contributed by atoms with van der Waals surface area (Å²) in [5.41, 5.74) is 3.11. The van der Waals surface area contributed by atoms with Crippen LogP contribution in [0.2, 0.25) is 0 Å². The fourth-order valence-corrected chi connectivity index (χ4v) is 2.57. The number of hydrogen-bond donors (Lipinski definition) is 1. The molecule has 0 aliphatic heterocycles. The van der Waals surface area contributed by atoms with Crippen molar-refractivity contribution < 1.29 is 9.32 Å². The summed E-state index contributed by atoms with van der Waals surface area (Å²) in [5, 5.41) is 6.84. The maximum absolute atomic E-state index is 12.3. The maximum atomic E-state index is 12.3. The van der Waals surface area contributed by atoms with Gasteiger partial charge in [0.1, 0.15) is 12.2 Å². The number of pyridine rings is 1. The molecule has 1 aromatic carbocycles. The quantitative estimate of drug-likeness (QED) is 0.587. The number of imidazole rings is 1. The Kier molecular flexibility index (Phi) is 4.44. The van der Waals surface area contributed by atoms with Crippen LogP contribution < -0.4 is 5.32 Å². The predicted molar refractivity (Wildman–Crippen MR) is 98.6 cm³/mol. The Morgan fingerprint density at radius 2 is 2.00 bits per heavy atom. The molecule has 0 saturated carbocycles. The molecule has 134 valence electrons. The monoisotopic (exact) mass is 360 g/mol. The summed E-state index contributed by atoms with van der Waals surface area (Å²) in [4.78, 5) is 24.8. The average Bonchev–Trinajstić information content (AvgIpc) is 3.34. The van der Waals surface area contributed by atoms with Gasteiger partial charge in [0.15, 0.2) is 0 Å². The number of carbonyl (C=O) groups is 1. The number of aryl methyl sites for hydroxylation is 1. The number of nitrogens with one attached hydrogen (secondary N) is 1. The Hall–Kier alpha value is -3.81. The van der Waals surface area contributed by atoms with Gasteiger partial charge in [0, 0.05) is 29.8 Å². The second-order valence-corrected chi connectivity index (χ2v) is 5.95. The predicted octanol–water partition coefficient (Wildman–Crippen LogP) is 2.94. The normalized spacial score (nSPS) is 10.7. The molecular formula is C19H16N6O2. The summed E-state index contributed by atoms with van der Waals surface area (Å²) in [7, 11) is 0. The Morgan fingerprint density at radius 1 is 1.19 bits per heavy atom. The molecule has 1 amide bonds. The second kappa shape index (κ2) is 7.20. The van der Waals surface area contributed by atoms with E-state index in [1.807, 2.05) is 31.2 Å². The van der Waals surface area contributed by atoms with Crippen molar-refractivity contribution in [3.63, 3.8) is 0 Å². The summed E-state index contributed by atoms with van der Waals surface area (Å²) in [6.07, 6.45) is 6.58. The van der Waals surface area contributed by atoms with E-state index in [-0.39, 0.29) is 12.5 Å². The SMILES string of the molecule is Cc1ccccc1NC(=O)Cn1cnc(-c2noc(-c3ccncc3)n2)c1. The lowest BCUT2D eigenvalue weighted by molar-refractivity contribution is -0.116. The van der Waals surface area contributed by atoms with Crippen molar-refractivity contribution in [3.05, 3.63) is 66.9 Å². The molecule has 27 heavy (non-hydrogen) atoms. The van der Waals surface area contributed by atoms with Crippen LogP contribution in [0.3, 0.4) is 0 Å². The van der Waals surface area contributed by atoms with E-state index in [4.69, 9.17) is 4.52 Å². The molecule has 0 radical (unpaired) electrons. The third-order valence-electron chi connectivity index (χ3n) is 3.96. The highest BCUT2D eigenvalue weighted by molar-refractivity contribution is 5.91. The fraction of sp³-hybridized carbons (Fsp3) is 0.105. The van der Waals surface area contributed by atoms with Gasteiger partial charge in [-0.25, -0.2) is 4.98 Å². The van der Waals surface area contributed by atoms with Gasteiger partial charge in [0.25, 0.3) is 5.89 Å². The zero-order valence-electron chi connectivity index (χ0n) is 14.5. The topological polar surface area (TPSA) is 98.7 Å². The molecule has 0 aliphatic carbocycles. The number of benzene rings is 1. The van der Waals surface area contributed by atoms with Crippen molar-refractivity contribution in [2.24, 2.45) is 0 Å². The highest BCUT2D eigenvalue weighted by Crippen LogP contribution is 2.20. The number of amides is 1. The minimum Gasteiger partial charge on any atom is -0.334 e. The molecule has 0 atom stereocenters. The van der Waals surface area contributed by atoms with Crippen LogP contribution in [0.1, 0.15) is 5.56 Å². The van der Waals surface area contributed by atoms with E-state index in [2.05, 4.69) is 25.4 Å². The molecule has 0 aliphatic rings. The van der Waals surface area contributed by atoms with Crippen LogP contribution in [-0.4, -0.2) is 30.6 Å². The van der Waals surface area contributed by atoms with Gasteiger partial charge < -0.3 is 14.4 Å². The Morgan fingerprint density at radius 3 is 2.81 bits per heavy atom. The number of para-hydroxylation sites is 1. The summed E-state index contributed by atoms with van der Waals surface area (Å²) in [6.45, 7) is 2.08. The van der Waals surface area contributed by atoms with Crippen LogP contribution >= 0.6 is 0 Å². The van der Waals surface area contributed by atoms with E-state index in [0.29, 0.717) is 17.4 Å². The molecule has 0 unspecified atom stereocenters. The highest BCUT2D eigenvalue weighted by Gasteiger charge is 2.14. The third-order valence-corrected chi connectivity index (χ3v) is 3.96. The van der Waals surface area contributed by atoms with Crippen LogP contribution in [0.4, 0.5) is 5.69 Å². The average molecular weight is 360 g/mol. The zero-order valence-corrected chi connectivity index (χ0v) is 14.5. The first kappa shape index (κ1) is 16.6. The van der Waals surface area contributed by atoms with Gasteiger partial charge in [0.05, 0.1) is 6.33 Å². The number of aromatic nitrogens is 5. The number of anilines is 1. The minimum atomic E-state index is -0.140. The minimum absolute atomic E-state index is 0.135. The van der Waals surface area contributed by atoms with Gasteiger partial charge in [-0.1, -0.05) is 23.4 Å². The molecule has 8 heteroatoms. The first-order chi connectivity index (χ1) is 13.2. The number of carbonyl (C=O) groups excluding carboxylic acids is 1. The fourth-order valence-electron chi connectivity index (χ4n) is 2.57. The molecule has 4 aromatic rings. The largest absolute Gasteiger partial charge is 0.334 e. The van der Waals surface area contributed by atoms with Crippen molar-refractivity contribution in [2.45, 2.75) is 13.5 Å². The molecule has 3 heterocycles. The number of nitrogens with zero attached hydrogens (tertiary/aromatic N) is 5. The van der Waals surface area contributed by atoms with Crippen LogP contribution in [0.5, 0.6) is 0 Å². The Balaban J connectivity index is 1.45. The lowest BCUT2D eigenvalue weighted by Crippen LogP contribution is -2.18. The van der Waals surface area contributed by atoms with Crippen LogP contribution in [0.15, 0.2) is 65.8 Å². The van der Waals surface area contributed by atoms with Crippen molar-refractivity contribution in [1.82, 2.24) is 24.7 Å². The van der Waals surface area contributed by atoms with E-state index in [9.17, 15) is 4.79 Å². The molecule has 4 rings (SSSR count). The van der Waals surface area contributed by atoms with Gasteiger partial charge in [-0.2, -0.15) is 4.98 Å². The molecule has 3 aromatic heterocycles. The van der Waals surface area contributed by atoms with Crippen molar-refractivity contribution in [1.29, 1.82) is 0 Å². The van der Waals surface area contributed by atoms with Crippen LogP contribution in [0, 0.1) is 6.92 Å². The van der Waals surface area contributed by atoms with E-state index < -0.39 is 0 Å². The maximum Gasteiger partial charge on any atom is 0.258 e. The summed E-state index contributed by atoms with van der Waals surface area (Å²) < 4.78 is 6.94. The van der Waals surface area contributed by atoms with Crippen molar-refractivity contribution in [2.75, 3.05) is 5.32 Å². The van der Waals surface area contributed by atoms with Gasteiger partial charge >= 0.3 is 0 Å². The zero-order chi connectivity index (χ0) is 18.6. The van der Waals surface area contributed by atoms with E-state index >= 15 is 0 Å². The lowest BCUT2D eigenvalue weighted by atomic mass is 10.2. The van der Waals surface area contributed by atoms with Gasteiger partial charge in [-0.15, -0.1) is 0 Å². The smallest absolute Gasteiger partial charge is 0.258 e. The van der Waals surface area contributed by atoms with Crippen molar-refractivity contribution >= 4 is 11.6 Å². The molecule has 0 spiro atoms. The van der Waals surface area contributed by atoms with E-state index in [0.717, 1.165) is 16.8 Å². The second-order valence-electron chi connectivity index (χ2n) is 5.95.